The SMILES string of the molecule is CN(C(=O)NC1CCOC1)c1ccc(N)cc1C(=O)O. The third-order valence-corrected chi connectivity index (χ3v) is 3.17. The second kappa shape index (κ2) is 5.79. The molecule has 0 aliphatic carbocycles. The summed E-state index contributed by atoms with van der Waals surface area (Å²) >= 11 is 0. The molecule has 2 rings (SSSR count). The first-order valence-corrected chi connectivity index (χ1v) is 6.24. The maximum Gasteiger partial charge on any atom is 0.337 e. The second-order valence-corrected chi connectivity index (χ2v) is 4.65. The highest BCUT2D eigenvalue weighted by Crippen LogP contribution is 2.22. The van der Waals surface area contributed by atoms with Crippen molar-refractivity contribution in [3.63, 3.8) is 0 Å². The number of carboxylic acids is 1. The third kappa shape index (κ3) is 3.00. The number of nitrogen functional groups attached to an aromatic ring is 1. The van der Waals surface area contributed by atoms with Crippen LogP contribution >= 0.6 is 0 Å². The Bertz CT molecular complexity index is 526. The molecule has 108 valence electrons. The number of carbonyl (C=O) groups excluding carboxylic acids is 1. The lowest BCUT2D eigenvalue weighted by molar-refractivity contribution is 0.0698. The fourth-order valence-corrected chi connectivity index (χ4v) is 2.05. The van der Waals surface area contributed by atoms with E-state index in [1.807, 2.05) is 0 Å². The van der Waals surface area contributed by atoms with Crippen LogP contribution in [0.2, 0.25) is 0 Å². The molecule has 1 saturated heterocycles. The van der Waals surface area contributed by atoms with Gasteiger partial charge in [-0.15, -0.1) is 0 Å². The van der Waals surface area contributed by atoms with Crippen LogP contribution in [0.15, 0.2) is 18.2 Å². The van der Waals surface area contributed by atoms with E-state index in [1.54, 1.807) is 6.07 Å². The average Bonchev–Trinajstić information content (AvgIpc) is 2.90. The van der Waals surface area contributed by atoms with E-state index >= 15 is 0 Å². The zero-order chi connectivity index (χ0) is 14.7. The number of aromatic carboxylic acids is 1. The van der Waals surface area contributed by atoms with Gasteiger partial charge in [0.05, 0.1) is 23.9 Å². The van der Waals surface area contributed by atoms with Crippen LogP contribution in [0.5, 0.6) is 0 Å². The molecule has 1 fully saturated rings. The van der Waals surface area contributed by atoms with Crippen molar-refractivity contribution < 1.29 is 19.4 Å². The van der Waals surface area contributed by atoms with Gasteiger partial charge in [-0.05, 0) is 24.6 Å². The molecule has 4 N–H and O–H groups in total. The lowest BCUT2D eigenvalue weighted by Crippen LogP contribution is -2.43. The minimum Gasteiger partial charge on any atom is -0.478 e. The molecular weight excluding hydrogens is 262 g/mol. The quantitative estimate of drug-likeness (QED) is 0.713. The maximum absolute atomic E-state index is 12.1. The molecule has 1 aromatic rings. The highest BCUT2D eigenvalue weighted by Gasteiger charge is 2.23. The van der Waals surface area contributed by atoms with Gasteiger partial charge in [-0.3, -0.25) is 4.90 Å². The van der Waals surface area contributed by atoms with Gasteiger partial charge in [0.2, 0.25) is 0 Å². The van der Waals surface area contributed by atoms with E-state index in [0.717, 1.165) is 6.42 Å². The smallest absolute Gasteiger partial charge is 0.337 e. The van der Waals surface area contributed by atoms with E-state index in [4.69, 9.17) is 10.5 Å². The van der Waals surface area contributed by atoms with Gasteiger partial charge in [0.15, 0.2) is 0 Å². The highest BCUT2D eigenvalue weighted by atomic mass is 16.5. The van der Waals surface area contributed by atoms with Gasteiger partial charge < -0.3 is 20.9 Å². The van der Waals surface area contributed by atoms with Gasteiger partial charge in [-0.2, -0.15) is 0 Å². The number of nitrogens with zero attached hydrogens (tertiary/aromatic N) is 1. The van der Waals surface area contributed by atoms with E-state index in [0.29, 0.717) is 24.6 Å². The number of benzene rings is 1. The Morgan fingerprint density at radius 3 is 2.85 bits per heavy atom. The molecule has 0 radical (unpaired) electrons. The normalized spacial score (nSPS) is 17.8. The van der Waals surface area contributed by atoms with E-state index < -0.39 is 5.97 Å². The summed E-state index contributed by atoms with van der Waals surface area (Å²) in [5, 5.41) is 12.0. The van der Waals surface area contributed by atoms with Crippen LogP contribution in [-0.4, -0.2) is 43.4 Å². The Morgan fingerprint density at radius 1 is 1.50 bits per heavy atom. The lowest BCUT2D eigenvalue weighted by Gasteiger charge is -2.22. The number of carbonyl (C=O) groups is 2. The Morgan fingerprint density at radius 2 is 2.25 bits per heavy atom. The number of hydrogen-bond acceptors (Lipinski definition) is 4. The van der Waals surface area contributed by atoms with Crippen LogP contribution in [0.4, 0.5) is 16.2 Å². The molecule has 20 heavy (non-hydrogen) atoms. The van der Waals surface area contributed by atoms with Crippen LogP contribution in [0.3, 0.4) is 0 Å². The van der Waals surface area contributed by atoms with E-state index in [-0.39, 0.29) is 17.6 Å². The van der Waals surface area contributed by atoms with Crippen LogP contribution in [0.1, 0.15) is 16.8 Å². The molecule has 1 unspecified atom stereocenters. The van der Waals surface area contributed by atoms with Gasteiger partial charge in [-0.1, -0.05) is 0 Å². The lowest BCUT2D eigenvalue weighted by atomic mass is 10.1. The van der Waals surface area contributed by atoms with Crippen LogP contribution in [0.25, 0.3) is 0 Å². The monoisotopic (exact) mass is 279 g/mol. The Labute approximate surface area is 116 Å². The first-order chi connectivity index (χ1) is 9.49. The van der Waals surface area contributed by atoms with E-state index in [9.17, 15) is 14.7 Å². The van der Waals surface area contributed by atoms with Gasteiger partial charge in [0.1, 0.15) is 0 Å². The zero-order valence-electron chi connectivity index (χ0n) is 11.1. The molecule has 1 aliphatic rings. The summed E-state index contributed by atoms with van der Waals surface area (Å²) in [6.45, 7) is 1.10. The van der Waals surface area contributed by atoms with Crippen molar-refractivity contribution in [3.05, 3.63) is 23.8 Å². The molecule has 1 atom stereocenters. The molecule has 7 heteroatoms. The summed E-state index contributed by atoms with van der Waals surface area (Å²) in [6.07, 6.45) is 0.757. The Balaban J connectivity index is 2.17. The van der Waals surface area contributed by atoms with Crippen molar-refractivity contribution in [1.82, 2.24) is 5.32 Å². The molecule has 1 aromatic carbocycles. The largest absolute Gasteiger partial charge is 0.478 e. The Hall–Kier alpha value is -2.28. The van der Waals surface area contributed by atoms with Crippen molar-refractivity contribution >= 4 is 23.4 Å². The molecule has 1 aliphatic heterocycles. The topological polar surface area (TPSA) is 105 Å². The molecule has 0 saturated carbocycles. The zero-order valence-corrected chi connectivity index (χ0v) is 11.1. The number of hydrogen-bond donors (Lipinski definition) is 3. The summed E-state index contributed by atoms with van der Waals surface area (Å²) in [5.41, 5.74) is 6.20. The molecule has 1 heterocycles. The minimum absolute atomic E-state index is 0.00896. The first-order valence-electron chi connectivity index (χ1n) is 6.24. The number of nitrogens with one attached hydrogen (secondary N) is 1. The molecule has 2 amide bonds. The Kier molecular flexibility index (Phi) is 4.09. The van der Waals surface area contributed by atoms with Crippen molar-refractivity contribution in [2.75, 3.05) is 30.9 Å². The number of carboxylic acid groups (broad SMARTS) is 1. The van der Waals surface area contributed by atoms with Gasteiger partial charge in [-0.25, -0.2) is 9.59 Å². The maximum atomic E-state index is 12.1. The fraction of sp³-hybridized carbons (Fsp3) is 0.385. The average molecular weight is 279 g/mol. The number of amides is 2. The van der Waals surface area contributed by atoms with Crippen molar-refractivity contribution in [3.8, 4) is 0 Å². The standard InChI is InChI=1S/C13H17N3O4/c1-16(13(19)15-9-4-5-20-7-9)11-3-2-8(14)6-10(11)12(17)18/h2-3,6,9H,4-5,7,14H2,1H3,(H,15,19)(H,17,18). The second-order valence-electron chi connectivity index (χ2n) is 4.65. The predicted octanol–water partition coefficient (Wildman–Crippen LogP) is 0.902. The summed E-state index contributed by atoms with van der Waals surface area (Å²) < 4.78 is 5.18. The van der Waals surface area contributed by atoms with Crippen molar-refractivity contribution in [2.45, 2.75) is 12.5 Å². The summed E-state index contributed by atoms with van der Waals surface area (Å²) in [5.74, 6) is -1.13. The van der Waals surface area contributed by atoms with Crippen molar-refractivity contribution in [2.24, 2.45) is 0 Å². The van der Waals surface area contributed by atoms with Crippen LogP contribution < -0.4 is 16.0 Å². The summed E-state index contributed by atoms with van der Waals surface area (Å²) in [7, 11) is 1.52. The van der Waals surface area contributed by atoms with E-state index in [1.165, 1.54) is 24.1 Å². The first kappa shape index (κ1) is 14.1. The van der Waals surface area contributed by atoms with Crippen LogP contribution in [0, 0.1) is 0 Å². The highest BCUT2D eigenvalue weighted by molar-refractivity contribution is 6.01. The number of ether oxygens (including phenoxy) is 1. The summed E-state index contributed by atoms with van der Waals surface area (Å²) in [6, 6.07) is 4.01. The number of urea groups is 1. The van der Waals surface area contributed by atoms with Gasteiger partial charge >= 0.3 is 12.0 Å². The molecule has 7 nitrogen and oxygen atoms in total. The number of rotatable bonds is 3. The van der Waals surface area contributed by atoms with Gasteiger partial charge in [0.25, 0.3) is 0 Å². The predicted molar refractivity (Wildman–Crippen MR) is 74.0 cm³/mol. The molecule has 0 aromatic heterocycles. The van der Waals surface area contributed by atoms with Crippen LogP contribution in [-0.2, 0) is 4.74 Å². The molecule has 0 bridgehead atoms. The fourth-order valence-electron chi connectivity index (χ4n) is 2.05. The minimum atomic E-state index is -1.13. The third-order valence-electron chi connectivity index (χ3n) is 3.17. The van der Waals surface area contributed by atoms with E-state index in [2.05, 4.69) is 5.32 Å². The van der Waals surface area contributed by atoms with Crippen molar-refractivity contribution in [1.29, 1.82) is 0 Å². The molecular formula is C13H17N3O4. The summed E-state index contributed by atoms with van der Waals surface area (Å²) in [4.78, 5) is 24.6. The number of nitrogens with two attached hydrogens (primary N) is 1. The number of anilines is 2. The van der Waals surface area contributed by atoms with Gasteiger partial charge in [0, 0.05) is 19.3 Å². The molecule has 0 spiro atoms.